The minimum absolute atomic E-state index is 0. The normalized spacial score (nSPS) is 16.4. The highest BCUT2D eigenvalue weighted by atomic mass is 127. The Morgan fingerprint density at radius 2 is 2.12 bits per heavy atom. The van der Waals surface area contributed by atoms with Crippen molar-refractivity contribution < 1.29 is 8.42 Å². The van der Waals surface area contributed by atoms with Crippen LogP contribution in [0.2, 0.25) is 0 Å². The molecule has 0 aliphatic carbocycles. The van der Waals surface area contributed by atoms with Gasteiger partial charge in [-0.15, -0.1) is 24.0 Å². The summed E-state index contributed by atoms with van der Waals surface area (Å²) in [6.07, 6.45) is 1.50. The van der Waals surface area contributed by atoms with Crippen LogP contribution in [-0.2, 0) is 23.6 Å². The van der Waals surface area contributed by atoms with Gasteiger partial charge in [-0.05, 0) is 0 Å². The summed E-state index contributed by atoms with van der Waals surface area (Å²) in [5, 5.41) is 7.14. The zero-order valence-corrected chi connectivity index (χ0v) is 18.7. The summed E-state index contributed by atoms with van der Waals surface area (Å²) in [5.41, 5.74) is 0. The molecule has 1 saturated heterocycles. The van der Waals surface area contributed by atoms with E-state index < -0.39 is 10.0 Å². The molecular formula is C13H26IN7O2S2. The summed E-state index contributed by atoms with van der Waals surface area (Å²) < 4.78 is 27.9. The third kappa shape index (κ3) is 6.57. The fourth-order valence-corrected chi connectivity index (χ4v) is 4.87. The summed E-state index contributed by atoms with van der Waals surface area (Å²) >= 11 is 1.79. The van der Waals surface area contributed by atoms with E-state index in [4.69, 9.17) is 0 Å². The molecule has 0 unspecified atom stereocenters. The van der Waals surface area contributed by atoms with Crippen LogP contribution in [0.25, 0.3) is 0 Å². The number of nitrogens with one attached hydrogen (secondary N) is 1. The molecule has 0 atom stereocenters. The monoisotopic (exact) mass is 503 g/mol. The molecule has 1 fully saturated rings. The lowest BCUT2D eigenvalue weighted by molar-refractivity contribution is 0.439. The predicted octanol–water partition coefficient (Wildman–Crippen LogP) is -0.181. The standard InChI is InChI=1S/C13H25N7O2S2.HI/c1-14-13(18(2)10-12-16-11-17-19(12)3)15-4-9-24(21,22)20-5-7-23-8-6-20;/h11H,4-10H2,1-3H3,(H,14,15);1H. The molecule has 0 radical (unpaired) electrons. The third-order valence-electron chi connectivity index (χ3n) is 3.76. The molecule has 12 heteroatoms. The van der Waals surface area contributed by atoms with E-state index >= 15 is 0 Å². The summed E-state index contributed by atoms with van der Waals surface area (Å²) in [5.74, 6) is 3.24. The number of sulfonamides is 1. The molecule has 144 valence electrons. The Balaban J connectivity index is 0.00000312. The first-order valence-corrected chi connectivity index (χ1v) is 10.5. The quantitative estimate of drug-likeness (QED) is 0.327. The molecule has 0 bridgehead atoms. The van der Waals surface area contributed by atoms with Crippen LogP contribution < -0.4 is 5.32 Å². The summed E-state index contributed by atoms with van der Waals surface area (Å²) in [6, 6.07) is 0. The number of hydrogen-bond acceptors (Lipinski definition) is 6. The average Bonchev–Trinajstić information content (AvgIpc) is 2.97. The molecular weight excluding hydrogens is 477 g/mol. The van der Waals surface area contributed by atoms with Gasteiger partial charge in [-0.3, -0.25) is 9.67 Å². The van der Waals surface area contributed by atoms with Crippen LogP contribution in [0.3, 0.4) is 0 Å². The molecule has 2 heterocycles. The second kappa shape index (κ2) is 10.5. The van der Waals surface area contributed by atoms with Gasteiger partial charge in [0.25, 0.3) is 0 Å². The number of nitrogens with zero attached hydrogens (tertiary/aromatic N) is 6. The van der Waals surface area contributed by atoms with Crippen LogP contribution in [0, 0.1) is 0 Å². The molecule has 1 aliphatic rings. The van der Waals surface area contributed by atoms with Gasteiger partial charge in [-0.1, -0.05) is 0 Å². The van der Waals surface area contributed by atoms with E-state index in [9.17, 15) is 8.42 Å². The van der Waals surface area contributed by atoms with Crippen LogP contribution in [0.15, 0.2) is 11.3 Å². The Kier molecular flexibility index (Phi) is 9.45. The maximum absolute atomic E-state index is 12.3. The Morgan fingerprint density at radius 3 is 2.68 bits per heavy atom. The number of aliphatic imine (C=N–C) groups is 1. The van der Waals surface area contributed by atoms with Crippen molar-refractivity contribution in [2.45, 2.75) is 6.54 Å². The first-order chi connectivity index (χ1) is 11.4. The van der Waals surface area contributed by atoms with E-state index in [0.717, 1.165) is 17.3 Å². The second-order valence-corrected chi connectivity index (χ2v) is 8.77. The fourth-order valence-electron chi connectivity index (χ4n) is 2.38. The van der Waals surface area contributed by atoms with E-state index in [1.807, 2.05) is 19.0 Å². The zero-order valence-electron chi connectivity index (χ0n) is 14.8. The molecule has 0 spiro atoms. The van der Waals surface area contributed by atoms with E-state index in [1.165, 1.54) is 6.33 Å². The SMILES string of the molecule is CN=C(NCCS(=O)(=O)N1CCSCC1)N(C)Cc1ncnn1C.I. The predicted molar refractivity (Wildman–Crippen MR) is 112 cm³/mol. The van der Waals surface area contributed by atoms with Crippen molar-refractivity contribution in [3.05, 3.63) is 12.2 Å². The van der Waals surface area contributed by atoms with Crippen molar-refractivity contribution in [2.75, 3.05) is 51.0 Å². The number of thioether (sulfide) groups is 1. The van der Waals surface area contributed by atoms with Gasteiger partial charge in [0.1, 0.15) is 12.2 Å². The molecule has 2 rings (SSSR count). The number of halogens is 1. The number of guanidine groups is 1. The summed E-state index contributed by atoms with van der Waals surface area (Å²) in [4.78, 5) is 10.3. The zero-order chi connectivity index (χ0) is 17.6. The van der Waals surface area contributed by atoms with Crippen molar-refractivity contribution in [1.29, 1.82) is 0 Å². The van der Waals surface area contributed by atoms with Gasteiger partial charge in [-0.2, -0.15) is 16.9 Å². The molecule has 1 N–H and O–H groups in total. The molecule has 9 nitrogen and oxygen atoms in total. The lowest BCUT2D eigenvalue weighted by Gasteiger charge is -2.26. The van der Waals surface area contributed by atoms with Gasteiger partial charge < -0.3 is 10.2 Å². The van der Waals surface area contributed by atoms with Crippen molar-refractivity contribution >= 4 is 51.7 Å². The molecule has 0 amide bonds. The lowest BCUT2D eigenvalue weighted by Crippen LogP contribution is -2.44. The van der Waals surface area contributed by atoms with Crippen LogP contribution in [0.1, 0.15) is 5.82 Å². The number of aryl methyl sites for hydroxylation is 1. The molecule has 0 aromatic carbocycles. The van der Waals surface area contributed by atoms with Crippen molar-refractivity contribution in [3.63, 3.8) is 0 Å². The minimum Gasteiger partial charge on any atom is -0.355 e. The molecule has 0 saturated carbocycles. The maximum Gasteiger partial charge on any atom is 0.215 e. The van der Waals surface area contributed by atoms with Gasteiger partial charge in [-0.25, -0.2) is 17.7 Å². The van der Waals surface area contributed by atoms with Gasteiger partial charge >= 0.3 is 0 Å². The van der Waals surface area contributed by atoms with Crippen LogP contribution >= 0.6 is 35.7 Å². The van der Waals surface area contributed by atoms with Crippen molar-refractivity contribution in [1.82, 2.24) is 29.3 Å². The Morgan fingerprint density at radius 1 is 1.44 bits per heavy atom. The first kappa shape index (κ1) is 22.4. The fraction of sp³-hybridized carbons (Fsp3) is 0.769. The van der Waals surface area contributed by atoms with Gasteiger partial charge in [0.2, 0.25) is 10.0 Å². The highest BCUT2D eigenvalue weighted by molar-refractivity contribution is 14.0. The average molecular weight is 503 g/mol. The van der Waals surface area contributed by atoms with Gasteiger partial charge in [0.15, 0.2) is 5.96 Å². The highest BCUT2D eigenvalue weighted by Gasteiger charge is 2.23. The maximum atomic E-state index is 12.3. The molecule has 1 aliphatic heterocycles. The second-order valence-electron chi connectivity index (χ2n) is 5.46. The molecule has 1 aromatic heterocycles. The number of hydrogen-bond donors (Lipinski definition) is 1. The Labute approximate surface area is 170 Å². The smallest absolute Gasteiger partial charge is 0.215 e. The molecule has 1 aromatic rings. The van der Waals surface area contributed by atoms with Crippen molar-refractivity contribution in [2.24, 2.45) is 12.0 Å². The number of aromatic nitrogens is 3. The van der Waals surface area contributed by atoms with Gasteiger partial charge in [0, 0.05) is 52.3 Å². The van der Waals surface area contributed by atoms with Crippen LogP contribution in [-0.4, -0.2) is 89.3 Å². The molecule has 25 heavy (non-hydrogen) atoms. The van der Waals surface area contributed by atoms with Crippen LogP contribution in [0.4, 0.5) is 0 Å². The van der Waals surface area contributed by atoms with E-state index in [-0.39, 0.29) is 29.7 Å². The highest BCUT2D eigenvalue weighted by Crippen LogP contribution is 2.13. The first-order valence-electron chi connectivity index (χ1n) is 7.74. The lowest BCUT2D eigenvalue weighted by atomic mass is 10.5. The van der Waals surface area contributed by atoms with E-state index in [0.29, 0.717) is 32.1 Å². The largest absolute Gasteiger partial charge is 0.355 e. The summed E-state index contributed by atoms with van der Waals surface area (Å²) in [6.45, 7) is 2.07. The summed E-state index contributed by atoms with van der Waals surface area (Å²) in [7, 11) is 2.17. The van der Waals surface area contributed by atoms with Gasteiger partial charge in [0.05, 0.1) is 12.3 Å². The van der Waals surface area contributed by atoms with Crippen LogP contribution in [0.5, 0.6) is 0 Å². The minimum atomic E-state index is -3.21. The van der Waals surface area contributed by atoms with E-state index in [2.05, 4.69) is 20.4 Å². The topological polar surface area (TPSA) is 95.7 Å². The Bertz CT molecular complexity index is 659. The van der Waals surface area contributed by atoms with Crippen molar-refractivity contribution in [3.8, 4) is 0 Å². The Hall–Kier alpha value is -0.600. The number of rotatable bonds is 6. The third-order valence-corrected chi connectivity index (χ3v) is 6.58. The van der Waals surface area contributed by atoms with E-state index in [1.54, 1.807) is 27.8 Å².